The lowest BCUT2D eigenvalue weighted by molar-refractivity contribution is -0.138. The van der Waals surface area contributed by atoms with Crippen LogP contribution in [0.25, 0.3) is 0 Å². The molecule has 0 amide bonds. The van der Waals surface area contributed by atoms with E-state index in [1.165, 1.54) is 89.9 Å². The SMILES string of the molecule is CCCCCCCCCN(CCCCCCCCC)C(C)CC(=O)O. The van der Waals surface area contributed by atoms with Gasteiger partial charge in [0.1, 0.15) is 0 Å². The highest BCUT2D eigenvalue weighted by molar-refractivity contribution is 5.67. The highest BCUT2D eigenvalue weighted by Gasteiger charge is 2.16. The summed E-state index contributed by atoms with van der Waals surface area (Å²) in [6.07, 6.45) is 18.7. The fraction of sp³-hybridized carbons (Fsp3) is 0.955. The van der Waals surface area contributed by atoms with E-state index in [9.17, 15) is 4.79 Å². The molecule has 0 aliphatic rings. The van der Waals surface area contributed by atoms with Gasteiger partial charge in [-0.3, -0.25) is 4.79 Å². The van der Waals surface area contributed by atoms with Crippen molar-refractivity contribution < 1.29 is 9.90 Å². The number of rotatable bonds is 19. The fourth-order valence-electron chi connectivity index (χ4n) is 3.48. The largest absolute Gasteiger partial charge is 0.481 e. The first-order valence-electron chi connectivity index (χ1n) is 11.1. The molecule has 0 radical (unpaired) electrons. The number of carboxylic acid groups (broad SMARTS) is 1. The molecule has 0 bridgehead atoms. The second-order valence-electron chi connectivity index (χ2n) is 7.73. The zero-order valence-corrected chi connectivity index (χ0v) is 17.4. The van der Waals surface area contributed by atoms with Crippen molar-refractivity contribution in [3.63, 3.8) is 0 Å². The maximum atomic E-state index is 11.0. The molecule has 3 nitrogen and oxygen atoms in total. The fourth-order valence-corrected chi connectivity index (χ4v) is 3.48. The summed E-state index contributed by atoms with van der Waals surface area (Å²) in [4.78, 5) is 13.5. The highest BCUT2D eigenvalue weighted by atomic mass is 16.4. The molecule has 0 saturated carbocycles. The number of nitrogens with zero attached hydrogens (tertiary/aromatic N) is 1. The predicted octanol–water partition coefficient (Wildman–Crippen LogP) is 6.65. The quantitative estimate of drug-likeness (QED) is 0.264. The van der Waals surface area contributed by atoms with E-state index in [0.29, 0.717) is 0 Å². The van der Waals surface area contributed by atoms with Gasteiger partial charge in [-0.15, -0.1) is 0 Å². The molecule has 0 heterocycles. The van der Waals surface area contributed by atoms with Gasteiger partial charge in [-0.2, -0.15) is 0 Å². The van der Waals surface area contributed by atoms with Gasteiger partial charge in [0.15, 0.2) is 0 Å². The minimum atomic E-state index is -0.670. The van der Waals surface area contributed by atoms with Crippen LogP contribution in [0.3, 0.4) is 0 Å². The summed E-state index contributed by atoms with van der Waals surface area (Å²) in [5.74, 6) is -0.670. The normalized spacial score (nSPS) is 12.6. The molecule has 150 valence electrons. The highest BCUT2D eigenvalue weighted by Crippen LogP contribution is 2.13. The molecule has 1 unspecified atom stereocenters. The average molecular weight is 356 g/mol. The number of unbranched alkanes of at least 4 members (excludes halogenated alkanes) is 12. The Morgan fingerprint density at radius 2 is 1.08 bits per heavy atom. The monoisotopic (exact) mass is 355 g/mol. The molecule has 0 fully saturated rings. The van der Waals surface area contributed by atoms with E-state index < -0.39 is 5.97 Å². The van der Waals surface area contributed by atoms with Gasteiger partial charge in [-0.05, 0) is 32.9 Å². The first-order chi connectivity index (χ1) is 12.1. The first kappa shape index (κ1) is 24.4. The van der Waals surface area contributed by atoms with Crippen molar-refractivity contribution >= 4 is 5.97 Å². The molecule has 0 aromatic heterocycles. The van der Waals surface area contributed by atoms with Gasteiger partial charge >= 0.3 is 5.97 Å². The van der Waals surface area contributed by atoms with Crippen molar-refractivity contribution in [3.05, 3.63) is 0 Å². The van der Waals surface area contributed by atoms with Crippen LogP contribution in [0.15, 0.2) is 0 Å². The molecule has 3 heteroatoms. The zero-order chi connectivity index (χ0) is 18.8. The van der Waals surface area contributed by atoms with Gasteiger partial charge in [0, 0.05) is 6.04 Å². The molecule has 0 aliphatic carbocycles. The second kappa shape index (κ2) is 18.2. The zero-order valence-electron chi connectivity index (χ0n) is 17.4. The summed E-state index contributed by atoms with van der Waals surface area (Å²) in [5.41, 5.74) is 0. The van der Waals surface area contributed by atoms with E-state index in [1.54, 1.807) is 0 Å². The van der Waals surface area contributed by atoms with Gasteiger partial charge in [-0.1, -0.05) is 90.9 Å². The van der Waals surface area contributed by atoms with Crippen LogP contribution in [-0.2, 0) is 4.79 Å². The Bertz CT molecular complexity index is 276. The summed E-state index contributed by atoms with van der Waals surface area (Å²) < 4.78 is 0. The van der Waals surface area contributed by atoms with E-state index in [1.807, 2.05) is 0 Å². The minimum Gasteiger partial charge on any atom is -0.481 e. The molecule has 0 rings (SSSR count). The standard InChI is InChI=1S/C22H45NO2/c1-4-6-8-10-12-14-16-18-23(21(3)20-22(24)25)19-17-15-13-11-9-7-5-2/h21H,4-20H2,1-3H3,(H,24,25). The molecule has 25 heavy (non-hydrogen) atoms. The Kier molecular flexibility index (Phi) is 17.8. The number of aliphatic carboxylic acids is 1. The Hall–Kier alpha value is -0.570. The van der Waals surface area contributed by atoms with E-state index in [2.05, 4.69) is 25.7 Å². The Morgan fingerprint density at radius 1 is 0.720 bits per heavy atom. The number of hydrogen-bond acceptors (Lipinski definition) is 2. The Balaban J connectivity index is 3.92. The van der Waals surface area contributed by atoms with Crippen molar-refractivity contribution in [1.29, 1.82) is 0 Å². The van der Waals surface area contributed by atoms with Gasteiger partial charge < -0.3 is 10.0 Å². The number of carbonyl (C=O) groups is 1. The lowest BCUT2D eigenvalue weighted by Crippen LogP contribution is -2.36. The second-order valence-corrected chi connectivity index (χ2v) is 7.73. The van der Waals surface area contributed by atoms with Gasteiger partial charge in [0.25, 0.3) is 0 Å². The average Bonchev–Trinajstić information content (AvgIpc) is 2.57. The van der Waals surface area contributed by atoms with Crippen molar-refractivity contribution in [2.45, 2.75) is 123 Å². The molecule has 1 atom stereocenters. The lowest BCUT2D eigenvalue weighted by Gasteiger charge is -2.28. The molecule has 0 aromatic carbocycles. The lowest BCUT2D eigenvalue weighted by atomic mass is 10.1. The topological polar surface area (TPSA) is 40.5 Å². The predicted molar refractivity (Wildman–Crippen MR) is 109 cm³/mol. The van der Waals surface area contributed by atoms with Crippen LogP contribution in [0.1, 0.15) is 117 Å². The van der Waals surface area contributed by atoms with E-state index in [0.717, 1.165) is 13.1 Å². The van der Waals surface area contributed by atoms with Crippen molar-refractivity contribution in [2.24, 2.45) is 0 Å². The summed E-state index contributed by atoms with van der Waals surface area (Å²) in [6.45, 7) is 8.73. The van der Waals surface area contributed by atoms with Gasteiger partial charge in [0.05, 0.1) is 6.42 Å². The van der Waals surface area contributed by atoms with Gasteiger partial charge in [-0.25, -0.2) is 0 Å². The Morgan fingerprint density at radius 3 is 1.44 bits per heavy atom. The molecule has 0 saturated heterocycles. The van der Waals surface area contributed by atoms with Crippen LogP contribution in [0.4, 0.5) is 0 Å². The van der Waals surface area contributed by atoms with Crippen LogP contribution < -0.4 is 0 Å². The molecule has 0 aliphatic heterocycles. The van der Waals surface area contributed by atoms with Crippen LogP contribution in [0.2, 0.25) is 0 Å². The summed E-state index contributed by atoms with van der Waals surface area (Å²) in [7, 11) is 0. The summed E-state index contributed by atoms with van der Waals surface area (Å²) in [5, 5.41) is 9.09. The van der Waals surface area contributed by atoms with Crippen LogP contribution >= 0.6 is 0 Å². The third-order valence-corrected chi connectivity index (χ3v) is 5.19. The van der Waals surface area contributed by atoms with E-state index in [-0.39, 0.29) is 12.5 Å². The maximum Gasteiger partial charge on any atom is 0.304 e. The molecular weight excluding hydrogens is 310 g/mol. The van der Waals surface area contributed by atoms with Crippen LogP contribution in [0.5, 0.6) is 0 Å². The van der Waals surface area contributed by atoms with Gasteiger partial charge in [0.2, 0.25) is 0 Å². The summed E-state index contributed by atoms with van der Waals surface area (Å²) in [6, 6.07) is 0.165. The third-order valence-electron chi connectivity index (χ3n) is 5.19. The van der Waals surface area contributed by atoms with Crippen LogP contribution in [-0.4, -0.2) is 35.1 Å². The van der Waals surface area contributed by atoms with E-state index in [4.69, 9.17) is 5.11 Å². The van der Waals surface area contributed by atoms with Crippen molar-refractivity contribution in [2.75, 3.05) is 13.1 Å². The summed E-state index contributed by atoms with van der Waals surface area (Å²) >= 11 is 0. The smallest absolute Gasteiger partial charge is 0.304 e. The third kappa shape index (κ3) is 16.6. The molecule has 0 aromatic rings. The minimum absolute atomic E-state index is 0.165. The van der Waals surface area contributed by atoms with Crippen LogP contribution in [0, 0.1) is 0 Å². The first-order valence-corrected chi connectivity index (χ1v) is 11.1. The van der Waals surface area contributed by atoms with Crippen molar-refractivity contribution in [1.82, 2.24) is 4.90 Å². The van der Waals surface area contributed by atoms with Crippen molar-refractivity contribution in [3.8, 4) is 0 Å². The number of hydrogen-bond donors (Lipinski definition) is 1. The molecular formula is C22H45NO2. The van der Waals surface area contributed by atoms with E-state index >= 15 is 0 Å². The molecule has 0 spiro atoms. The Labute approximate surface area is 157 Å². The molecule has 1 N–H and O–H groups in total. The maximum absolute atomic E-state index is 11.0. The number of carboxylic acids is 1.